The molecule has 0 aliphatic heterocycles. The summed E-state index contributed by atoms with van der Waals surface area (Å²) in [5.74, 6) is -0.268. The number of nitrogens with one attached hydrogen (secondary N) is 2. The molecule has 1 rings (SSSR count). The van der Waals surface area contributed by atoms with Crippen LogP contribution < -0.4 is 10.7 Å². The number of nitrogens with zero attached hydrogens (tertiary/aromatic N) is 1. The molecule has 0 atom stereocenters. The number of amides is 2. The molecule has 0 saturated heterocycles. The van der Waals surface area contributed by atoms with Gasteiger partial charge in [-0.15, -0.1) is 0 Å². The van der Waals surface area contributed by atoms with Crippen LogP contribution in [0.2, 0.25) is 0 Å². The molecule has 0 aliphatic carbocycles. The van der Waals surface area contributed by atoms with Crippen molar-refractivity contribution in [1.82, 2.24) is 5.43 Å². The predicted molar refractivity (Wildman–Crippen MR) is 80.8 cm³/mol. The number of anilines is 1. The summed E-state index contributed by atoms with van der Waals surface area (Å²) in [5, 5.41) is 6.57. The van der Waals surface area contributed by atoms with E-state index in [4.69, 9.17) is 0 Å². The Labute approximate surface area is 119 Å². The molecule has 0 fully saturated rings. The van der Waals surface area contributed by atoms with E-state index in [0.29, 0.717) is 17.7 Å². The fourth-order valence-corrected chi connectivity index (χ4v) is 1.53. The van der Waals surface area contributed by atoms with Gasteiger partial charge in [-0.1, -0.05) is 20.3 Å². The second-order valence-electron chi connectivity index (χ2n) is 4.39. The summed E-state index contributed by atoms with van der Waals surface area (Å²) in [6, 6.07) is 6.74. The highest BCUT2D eigenvalue weighted by Gasteiger charge is 2.05. The van der Waals surface area contributed by atoms with Crippen LogP contribution in [0.25, 0.3) is 0 Å². The van der Waals surface area contributed by atoms with Gasteiger partial charge in [-0.25, -0.2) is 5.43 Å². The molecule has 1 aromatic carbocycles. The van der Waals surface area contributed by atoms with E-state index in [0.717, 1.165) is 19.3 Å². The summed E-state index contributed by atoms with van der Waals surface area (Å²) in [6.07, 6.45) is 4.78. The lowest BCUT2D eigenvalue weighted by Gasteiger charge is -2.05. The van der Waals surface area contributed by atoms with E-state index in [1.54, 1.807) is 30.5 Å². The summed E-state index contributed by atoms with van der Waals surface area (Å²) in [4.78, 5) is 23.2. The van der Waals surface area contributed by atoms with Crippen LogP contribution in [0.1, 0.15) is 49.9 Å². The molecule has 2 N–H and O–H groups in total. The molecule has 0 aliphatic rings. The van der Waals surface area contributed by atoms with Gasteiger partial charge >= 0.3 is 0 Å². The number of rotatable bonds is 7. The molecule has 0 bridgehead atoms. The lowest BCUT2D eigenvalue weighted by molar-refractivity contribution is -0.116. The average Bonchev–Trinajstić information content (AvgIpc) is 2.46. The van der Waals surface area contributed by atoms with Gasteiger partial charge < -0.3 is 5.32 Å². The zero-order valence-electron chi connectivity index (χ0n) is 12.0. The van der Waals surface area contributed by atoms with Crippen molar-refractivity contribution >= 4 is 23.7 Å². The van der Waals surface area contributed by atoms with Crippen molar-refractivity contribution < 1.29 is 9.59 Å². The number of hydrazone groups is 1. The van der Waals surface area contributed by atoms with Crippen molar-refractivity contribution in [2.45, 2.75) is 39.5 Å². The minimum Gasteiger partial charge on any atom is -0.326 e. The molecule has 0 unspecified atom stereocenters. The maximum atomic E-state index is 11.7. The normalized spacial score (nSPS) is 10.5. The summed E-state index contributed by atoms with van der Waals surface area (Å²) >= 11 is 0. The lowest BCUT2D eigenvalue weighted by Crippen LogP contribution is -2.17. The van der Waals surface area contributed by atoms with E-state index in [2.05, 4.69) is 15.8 Å². The van der Waals surface area contributed by atoms with Crippen molar-refractivity contribution in [2.24, 2.45) is 5.10 Å². The standard InChI is InChI=1S/C15H21N3O2/c1-3-5-6-14(19)17-13-9-7-12(8-10-13)15(20)18-16-11-4-2/h7-11H,3-6H2,1-2H3,(H,17,19)(H,18,20)/b16-11+. The fraction of sp³-hybridized carbons (Fsp3) is 0.400. The molecule has 0 saturated carbocycles. The number of hydrogen-bond acceptors (Lipinski definition) is 3. The van der Waals surface area contributed by atoms with Gasteiger partial charge in [-0.2, -0.15) is 5.10 Å². The van der Waals surface area contributed by atoms with E-state index >= 15 is 0 Å². The van der Waals surface area contributed by atoms with Gasteiger partial charge in [0.2, 0.25) is 5.91 Å². The molecule has 0 aromatic heterocycles. The van der Waals surface area contributed by atoms with Crippen LogP contribution in [-0.4, -0.2) is 18.0 Å². The maximum absolute atomic E-state index is 11.7. The second-order valence-corrected chi connectivity index (χ2v) is 4.39. The van der Waals surface area contributed by atoms with Gasteiger partial charge in [0.25, 0.3) is 5.91 Å². The Morgan fingerprint density at radius 1 is 1.20 bits per heavy atom. The Morgan fingerprint density at radius 3 is 2.50 bits per heavy atom. The van der Waals surface area contributed by atoms with Crippen molar-refractivity contribution in [2.75, 3.05) is 5.32 Å². The molecule has 5 heteroatoms. The highest BCUT2D eigenvalue weighted by molar-refractivity contribution is 5.95. The van der Waals surface area contributed by atoms with E-state index in [1.165, 1.54) is 0 Å². The van der Waals surface area contributed by atoms with E-state index in [-0.39, 0.29) is 11.8 Å². The van der Waals surface area contributed by atoms with Crippen molar-refractivity contribution in [3.63, 3.8) is 0 Å². The van der Waals surface area contributed by atoms with Crippen LogP contribution in [0.15, 0.2) is 29.4 Å². The Kier molecular flexibility index (Phi) is 7.03. The van der Waals surface area contributed by atoms with Crippen molar-refractivity contribution in [1.29, 1.82) is 0 Å². The second kappa shape index (κ2) is 8.85. The minimum absolute atomic E-state index is 0.00315. The van der Waals surface area contributed by atoms with Gasteiger partial charge in [-0.3, -0.25) is 9.59 Å². The van der Waals surface area contributed by atoms with Crippen LogP contribution in [0.3, 0.4) is 0 Å². The molecule has 0 heterocycles. The number of hydrogen-bond donors (Lipinski definition) is 2. The number of benzene rings is 1. The highest BCUT2D eigenvalue weighted by atomic mass is 16.2. The fourth-order valence-electron chi connectivity index (χ4n) is 1.53. The Bertz CT molecular complexity index is 467. The van der Waals surface area contributed by atoms with Crippen LogP contribution >= 0.6 is 0 Å². The highest BCUT2D eigenvalue weighted by Crippen LogP contribution is 2.10. The first-order valence-electron chi connectivity index (χ1n) is 6.89. The third-order valence-electron chi connectivity index (χ3n) is 2.63. The third-order valence-corrected chi connectivity index (χ3v) is 2.63. The third kappa shape index (κ3) is 5.65. The van der Waals surface area contributed by atoms with Gasteiger partial charge in [-0.05, 0) is 37.1 Å². The first-order chi connectivity index (χ1) is 9.67. The van der Waals surface area contributed by atoms with E-state index in [9.17, 15) is 9.59 Å². The Balaban J connectivity index is 2.53. The summed E-state index contributed by atoms with van der Waals surface area (Å²) in [7, 11) is 0. The van der Waals surface area contributed by atoms with Crippen LogP contribution in [0, 0.1) is 0 Å². The molecule has 5 nitrogen and oxygen atoms in total. The Morgan fingerprint density at radius 2 is 1.90 bits per heavy atom. The molecule has 1 aromatic rings. The molecule has 0 spiro atoms. The van der Waals surface area contributed by atoms with Crippen molar-refractivity contribution in [3.05, 3.63) is 29.8 Å². The predicted octanol–water partition coefficient (Wildman–Crippen LogP) is 2.94. The lowest BCUT2D eigenvalue weighted by atomic mass is 10.2. The zero-order valence-corrected chi connectivity index (χ0v) is 12.0. The van der Waals surface area contributed by atoms with Gasteiger partial charge in [0.05, 0.1) is 0 Å². The Hall–Kier alpha value is -2.17. The summed E-state index contributed by atoms with van der Waals surface area (Å²) < 4.78 is 0. The number of unbranched alkanes of at least 4 members (excludes halogenated alkanes) is 1. The summed E-state index contributed by atoms with van der Waals surface area (Å²) in [5.41, 5.74) is 3.63. The van der Waals surface area contributed by atoms with Crippen LogP contribution in [0.4, 0.5) is 5.69 Å². The topological polar surface area (TPSA) is 70.6 Å². The average molecular weight is 275 g/mol. The SMILES string of the molecule is CC/C=N/NC(=O)c1ccc(NC(=O)CCCC)cc1. The number of carbonyl (C=O) groups excluding carboxylic acids is 2. The molecular weight excluding hydrogens is 254 g/mol. The summed E-state index contributed by atoms with van der Waals surface area (Å²) in [6.45, 7) is 3.98. The molecule has 0 radical (unpaired) electrons. The monoisotopic (exact) mass is 275 g/mol. The molecule has 2 amide bonds. The number of carbonyl (C=O) groups is 2. The molecular formula is C15H21N3O2. The first-order valence-corrected chi connectivity index (χ1v) is 6.89. The van der Waals surface area contributed by atoms with Crippen LogP contribution in [0.5, 0.6) is 0 Å². The molecule has 108 valence electrons. The quantitative estimate of drug-likeness (QED) is 0.593. The molecule has 20 heavy (non-hydrogen) atoms. The largest absolute Gasteiger partial charge is 0.326 e. The van der Waals surface area contributed by atoms with Gasteiger partial charge in [0.1, 0.15) is 0 Å². The smallest absolute Gasteiger partial charge is 0.271 e. The minimum atomic E-state index is -0.265. The van der Waals surface area contributed by atoms with E-state index in [1.807, 2.05) is 13.8 Å². The first kappa shape index (κ1) is 15.9. The van der Waals surface area contributed by atoms with Gasteiger partial charge in [0, 0.05) is 23.9 Å². The van der Waals surface area contributed by atoms with Crippen molar-refractivity contribution in [3.8, 4) is 0 Å². The maximum Gasteiger partial charge on any atom is 0.271 e. The van der Waals surface area contributed by atoms with Gasteiger partial charge in [0.15, 0.2) is 0 Å². The van der Waals surface area contributed by atoms with Crippen LogP contribution in [-0.2, 0) is 4.79 Å². The zero-order chi connectivity index (χ0) is 14.8. The van der Waals surface area contributed by atoms with E-state index < -0.39 is 0 Å².